The van der Waals surface area contributed by atoms with Crippen LogP contribution < -0.4 is 5.32 Å². The van der Waals surface area contributed by atoms with E-state index in [1.807, 2.05) is 0 Å². The number of alkyl halides is 2. The lowest BCUT2D eigenvalue weighted by Gasteiger charge is -2.35. The monoisotopic (exact) mass is 295 g/mol. The van der Waals surface area contributed by atoms with E-state index in [4.69, 9.17) is 0 Å². The van der Waals surface area contributed by atoms with Crippen molar-refractivity contribution >= 4 is 5.91 Å². The fourth-order valence-electron chi connectivity index (χ4n) is 2.59. The van der Waals surface area contributed by atoms with E-state index in [9.17, 15) is 13.6 Å². The Morgan fingerprint density at radius 1 is 1.43 bits per heavy atom. The number of aromatic nitrogens is 1. The highest BCUT2D eigenvalue weighted by Gasteiger charge is 2.51. The summed E-state index contributed by atoms with van der Waals surface area (Å²) < 4.78 is 28.5. The van der Waals surface area contributed by atoms with Crippen molar-refractivity contribution in [2.24, 2.45) is 0 Å². The molecule has 3 rings (SSSR count). The molecular weight excluding hydrogens is 276 g/mol. The molecule has 2 heterocycles. The highest BCUT2D eigenvalue weighted by molar-refractivity contribution is 5.85. The molecule has 1 saturated carbocycles. The van der Waals surface area contributed by atoms with Crippen molar-refractivity contribution in [2.45, 2.75) is 37.6 Å². The molecule has 0 bridgehead atoms. The normalized spacial score (nSPS) is 20.7. The number of halogens is 2. The summed E-state index contributed by atoms with van der Waals surface area (Å²) in [5, 5.41) is 2.55. The molecule has 0 spiro atoms. The lowest BCUT2D eigenvalue weighted by Crippen LogP contribution is -2.53. The Bertz CT molecular complexity index is 554. The molecule has 2 fully saturated rings. The maximum Gasteiger partial charge on any atom is 0.366 e. The Morgan fingerprint density at radius 2 is 2.14 bits per heavy atom. The molecule has 0 radical (unpaired) electrons. The van der Waals surface area contributed by atoms with E-state index in [2.05, 4.69) is 15.2 Å². The van der Waals surface area contributed by atoms with Gasteiger partial charge in [0, 0.05) is 12.2 Å². The summed E-state index contributed by atoms with van der Waals surface area (Å²) in [5.74, 6) is -4.82. The summed E-state index contributed by atoms with van der Waals surface area (Å²) in [4.78, 5) is 18.0. The van der Waals surface area contributed by atoms with Crippen LogP contribution in [0, 0.1) is 6.92 Å². The number of nitrogens with zero attached hydrogens (tertiary/aromatic N) is 2. The molecule has 1 aromatic rings. The predicted molar refractivity (Wildman–Crippen MR) is 74.0 cm³/mol. The van der Waals surface area contributed by atoms with Crippen LogP contribution >= 0.6 is 0 Å². The molecule has 6 heteroatoms. The minimum absolute atomic E-state index is 0.454. The molecule has 1 saturated heterocycles. The largest absolute Gasteiger partial charge is 0.366 e. The number of amides is 1. The summed E-state index contributed by atoms with van der Waals surface area (Å²) in [6, 6.07) is 4.32. The van der Waals surface area contributed by atoms with Crippen molar-refractivity contribution in [3.63, 3.8) is 0 Å². The van der Waals surface area contributed by atoms with E-state index in [1.165, 1.54) is 12.1 Å². The maximum atomic E-state index is 14.2. The third-order valence-electron chi connectivity index (χ3n) is 4.20. The number of likely N-dealkylation sites (tertiary alicyclic amines) is 1. The number of hydrogen-bond donors (Lipinski definition) is 1. The lowest BCUT2D eigenvalue weighted by atomic mass is 10.1. The van der Waals surface area contributed by atoms with Gasteiger partial charge in [0.1, 0.15) is 5.69 Å². The zero-order valence-electron chi connectivity index (χ0n) is 12.0. The van der Waals surface area contributed by atoms with E-state index in [0.29, 0.717) is 12.2 Å². The second-order valence-electron chi connectivity index (χ2n) is 6.10. The number of pyridine rings is 1. The molecule has 0 atom stereocenters. The summed E-state index contributed by atoms with van der Waals surface area (Å²) in [6.45, 7) is 4.29. The van der Waals surface area contributed by atoms with Gasteiger partial charge in [0.15, 0.2) is 0 Å². The topological polar surface area (TPSA) is 45.2 Å². The predicted octanol–water partition coefficient (Wildman–Crippen LogP) is 1.84. The first-order valence-corrected chi connectivity index (χ1v) is 7.28. The molecule has 21 heavy (non-hydrogen) atoms. The van der Waals surface area contributed by atoms with Crippen molar-refractivity contribution in [3.8, 4) is 0 Å². The Kier molecular flexibility index (Phi) is 3.43. The highest BCUT2D eigenvalue weighted by Crippen LogP contribution is 2.39. The SMILES string of the molecule is Cc1cccc(C(F)(F)C(=O)NC2(CN3CCC3)CC2)n1. The summed E-state index contributed by atoms with van der Waals surface area (Å²) >= 11 is 0. The number of carbonyl (C=O) groups is 1. The Morgan fingerprint density at radius 3 is 2.67 bits per heavy atom. The van der Waals surface area contributed by atoms with Gasteiger partial charge in [-0.15, -0.1) is 0 Å². The van der Waals surface area contributed by atoms with Gasteiger partial charge < -0.3 is 10.2 Å². The zero-order valence-corrected chi connectivity index (χ0v) is 12.0. The molecule has 1 aromatic heterocycles. The van der Waals surface area contributed by atoms with Crippen LogP contribution in [0.1, 0.15) is 30.7 Å². The molecule has 1 N–H and O–H groups in total. The van der Waals surface area contributed by atoms with E-state index in [1.54, 1.807) is 13.0 Å². The fourth-order valence-corrected chi connectivity index (χ4v) is 2.59. The van der Waals surface area contributed by atoms with Crippen LogP contribution in [0.15, 0.2) is 18.2 Å². The molecule has 0 unspecified atom stereocenters. The second kappa shape index (κ2) is 5.02. The van der Waals surface area contributed by atoms with Gasteiger partial charge in [-0.05, 0) is 51.4 Å². The Hall–Kier alpha value is -1.56. The molecule has 2 aliphatic rings. The molecule has 1 aliphatic heterocycles. The van der Waals surface area contributed by atoms with Gasteiger partial charge in [0.05, 0.1) is 5.54 Å². The van der Waals surface area contributed by atoms with Crippen LogP contribution in [-0.4, -0.2) is 41.0 Å². The van der Waals surface area contributed by atoms with Gasteiger partial charge in [0.2, 0.25) is 0 Å². The summed E-state index contributed by atoms with van der Waals surface area (Å²) in [6.07, 6.45) is 2.69. The van der Waals surface area contributed by atoms with Gasteiger partial charge in [-0.3, -0.25) is 9.78 Å². The highest BCUT2D eigenvalue weighted by atomic mass is 19.3. The van der Waals surface area contributed by atoms with Crippen LogP contribution in [-0.2, 0) is 10.7 Å². The zero-order chi connectivity index (χ0) is 15.1. The van der Waals surface area contributed by atoms with Crippen molar-refractivity contribution in [1.29, 1.82) is 0 Å². The number of carbonyl (C=O) groups excluding carboxylic acids is 1. The standard InChI is InChI=1S/C15H19F2N3O/c1-11-4-2-5-12(18-11)15(16,17)13(21)19-14(6-7-14)10-20-8-3-9-20/h2,4-5H,3,6-10H2,1H3,(H,19,21). The minimum atomic E-state index is -3.59. The van der Waals surface area contributed by atoms with Gasteiger partial charge in [-0.1, -0.05) is 6.07 Å². The Labute approximate surface area is 122 Å². The third-order valence-corrected chi connectivity index (χ3v) is 4.20. The first kappa shape index (κ1) is 14.4. The summed E-state index contributed by atoms with van der Waals surface area (Å²) in [5.41, 5.74) is -0.466. The van der Waals surface area contributed by atoms with E-state index in [-0.39, 0.29) is 0 Å². The lowest BCUT2D eigenvalue weighted by molar-refractivity contribution is -0.149. The number of hydrogen-bond acceptors (Lipinski definition) is 3. The van der Waals surface area contributed by atoms with Gasteiger partial charge in [-0.2, -0.15) is 8.78 Å². The average molecular weight is 295 g/mol. The van der Waals surface area contributed by atoms with Crippen molar-refractivity contribution in [3.05, 3.63) is 29.6 Å². The molecule has 0 aromatic carbocycles. The van der Waals surface area contributed by atoms with E-state index >= 15 is 0 Å². The molecule has 4 nitrogen and oxygen atoms in total. The number of nitrogens with one attached hydrogen (secondary N) is 1. The van der Waals surface area contributed by atoms with Crippen LogP contribution in [0.2, 0.25) is 0 Å². The van der Waals surface area contributed by atoms with E-state index in [0.717, 1.165) is 32.4 Å². The molecule has 114 valence electrons. The molecular formula is C15H19F2N3O. The van der Waals surface area contributed by atoms with Gasteiger partial charge in [0.25, 0.3) is 5.91 Å². The van der Waals surface area contributed by atoms with Crippen LogP contribution in [0.5, 0.6) is 0 Å². The number of aryl methyl sites for hydroxylation is 1. The second-order valence-corrected chi connectivity index (χ2v) is 6.10. The van der Waals surface area contributed by atoms with Crippen molar-refractivity contribution in [1.82, 2.24) is 15.2 Å². The molecule has 1 amide bonds. The first-order chi connectivity index (χ1) is 9.91. The van der Waals surface area contributed by atoms with Crippen LogP contribution in [0.4, 0.5) is 8.78 Å². The van der Waals surface area contributed by atoms with Gasteiger partial charge in [-0.25, -0.2) is 0 Å². The first-order valence-electron chi connectivity index (χ1n) is 7.28. The quantitative estimate of drug-likeness (QED) is 0.901. The molecule has 1 aliphatic carbocycles. The average Bonchev–Trinajstić information content (AvgIpc) is 3.14. The third kappa shape index (κ3) is 2.90. The van der Waals surface area contributed by atoms with Crippen LogP contribution in [0.3, 0.4) is 0 Å². The fraction of sp³-hybridized carbons (Fsp3) is 0.600. The van der Waals surface area contributed by atoms with Crippen molar-refractivity contribution < 1.29 is 13.6 Å². The maximum absolute atomic E-state index is 14.2. The van der Waals surface area contributed by atoms with Crippen LogP contribution in [0.25, 0.3) is 0 Å². The summed E-state index contributed by atoms with van der Waals surface area (Å²) in [7, 11) is 0. The van der Waals surface area contributed by atoms with Gasteiger partial charge >= 0.3 is 5.92 Å². The van der Waals surface area contributed by atoms with Crippen molar-refractivity contribution in [2.75, 3.05) is 19.6 Å². The smallest absolute Gasteiger partial charge is 0.344 e. The number of rotatable bonds is 5. The van der Waals surface area contributed by atoms with E-state index < -0.39 is 23.1 Å². The Balaban J connectivity index is 1.69. The minimum Gasteiger partial charge on any atom is -0.344 e.